The smallest absolute Gasteiger partial charge is 0.323 e. The second-order valence-electron chi connectivity index (χ2n) is 5.61. The second kappa shape index (κ2) is 2.67. The molecule has 4 nitrogen and oxygen atoms in total. The molecule has 2 fully saturated rings. The maximum atomic E-state index is 12.1. The molecule has 3 aliphatic rings. The highest BCUT2D eigenvalue weighted by Crippen LogP contribution is 2.72. The van der Waals surface area contributed by atoms with Crippen molar-refractivity contribution in [2.75, 3.05) is 0 Å². The summed E-state index contributed by atoms with van der Waals surface area (Å²) in [4.78, 5) is 24.1. The number of rotatable bonds is 0. The van der Waals surface area contributed by atoms with E-state index in [1.54, 1.807) is 13.8 Å². The molecule has 4 atom stereocenters. The van der Waals surface area contributed by atoms with Crippen LogP contribution >= 0.6 is 0 Å². The van der Waals surface area contributed by atoms with Crippen LogP contribution in [-0.4, -0.2) is 11.9 Å². The lowest BCUT2D eigenvalue weighted by molar-refractivity contribution is -0.160. The van der Waals surface area contributed by atoms with Crippen LogP contribution in [0, 0.1) is 10.8 Å². The van der Waals surface area contributed by atoms with Gasteiger partial charge < -0.3 is 9.47 Å². The maximum absolute atomic E-state index is 12.1. The predicted octanol–water partition coefficient (Wildman–Crippen LogP) is 1.91. The Bertz CT molecular complexity index is 557. The van der Waals surface area contributed by atoms with E-state index in [-0.39, 0.29) is 12.2 Å². The molecule has 0 unspecified atom stereocenters. The van der Waals surface area contributed by atoms with Crippen LogP contribution in [0.3, 0.4) is 0 Å². The van der Waals surface area contributed by atoms with Gasteiger partial charge in [-0.1, -0.05) is 24.3 Å². The van der Waals surface area contributed by atoms with Gasteiger partial charge in [0, 0.05) is 0 Å². The molecule has 0 amide bonds. The molecule has 4 rings (SSSR count). The van der Waals surface area contributed by atoms with E-state index in [0.717, 1.165) is 11.1 Å². The first-order valence-corrected chi connectivity index (χ1v) is 6.02. The van der Waals surface area contributed by atoms with Crippen LogP contribution in [0.25, 0.3) is 0 Å². The van der Waals surface area contributed by atoms with Crippen molar-refractivity contribution in [2.24, 2.45) is 10.8 Å². The Morgan fingerprint density at radius 3 is 1.83 bits per heavy atom. The van der Waals surface area contributed by atoms with Gasteiger partial charge in [-0.3, -0.25) is 9.59 Å². The average molecular weight is 244 g/mol. The van der Waals surface area contributed by atoms with Crippen molar-refractivity contribution < 1.29 is 19.1 Å². The van der Waals surface area contributed by atoms with Gasteiger partial charge in [0.15, 0.2) is 0 Å². The minimum Gasteiger partial charge on any atom is -0.392 e. The molecule has 1 aromatic rings. The zero-order valence-corrected chi connectivity index (χ0v) is 10.1. The zero-order chi connectivity index (χ0) is 12.7. The lowest BCUT2D eigenvalue weighted by Crippen LogP contribution is -2.44. The summed E-state index contributed by atoms with van der Waals surface area (Å²) in [5.74, 6) is -0.922. The summed E-state index contributed by atoms with van der Waals surface area (Å²) in [5, 5.41) is 0. The molecule has 0 aromatic heterocycles. The van der Waals surface area contributed by atoms with E-state index in [4.69, 9.17) is 9.47 Å². The van der Waals surface area contributed by atoms with E-state index < -0.39 is 22.8 Å². The molecule has 0 spiro atoms. The predicted molar refractivity (Wildman–Crippen MR) is 60.3 cm³/mol. The number of esters is 2. The summed E-state index contributed by atoms with van der Waals surface area (Å²) in [5.41, 5.74) is 0.218. The minimum atomic E-state index is -0.900. The fourth-order valence-corrected chi connectivity index (χ4v) is 3.64. The number of carbonyl (C=O) groups excluding carboxylic acids is 2. The quantitative estimate of drug-likeness (QED) is 0.516. The Morgan fingerprint density at radius 2 is 1.39 bits per heavy atom. The van der Waals surface area contributed by atoms with Crippen LogP contribution < -0.4 is 0 Å². The molecule has 18 heavy (non-hydrogen) atoms. The molecule has 0 aliphatic carbocycles. The van der Waals surface area contributed by atoms with Gasteiger partial charge in [0.05, 0.1) is 0 Å². The highest BCUT2D eigenvalue weighted by Gasteiger charge is 2.78. The lowest BCUT2D eigenvalue weighted by atomic mass is 9.58. The third-order valence-electron chi connectivity index (χ3n) is 4.99. The molecule has 92 valence electrons. The first kappa shape index (κ1) is 10.3. The Morgan fingerprint density at radius 1 is 0.944 bits per heavy atom. The summed E-state index contributed by atoms with van der Waals surface area (Å²) in [7, 11) is 0. The number of hydrogen-bond donors (Lipinski definition) is 0. The van der Waals surface area contributed by atoms with Gasteiger partial charge in [0.2, 0.25) is 0 Å². The number of hydrogen-bond acceptors (Lipinski definition) is 4. The van der Waals surface area contributed by atoms with Crippen molar-refractivity contribution in [1.29, 1.82) is 0 Å². The van der Waals surface area contributed by atoms with Gasteiger partial charge in [0.25, 0.3) is 0 Å². The Hall–Kier alpha value is -1.68. The van der Waals surface area contributed by atoms with Crippen LogP contribution in [0.15, 0.2) is 24.3 Å². The summed E-state index contributed by atoms with van der Waals surface area (Å²) in [6.45, 7) is 3.56. The summed E-state index contributed by atoms with van der Waals surface area (Å²) < 4.78 is 10.8. The van der Waals surface area contributed by atoms with E-state index in [2.05, 4.69) is 0 Å². The van der Waals surface area contributed by atoms with E-state index in [0.29, 0.717) is 0 Å². The van der Waals surface area contributed by atoms with Crippen LogP contribution in [0.2, 0.25) is 0 Å². The zero-order valence-electron chi connectivity index (χ0n) is 10.1. The number of carbonyl (C=O) groups is 2. The molecular formula is C14H12O4. The first-order chi connectivity index (χ1) is 8.51. The summed E-state index contributed by atoms with van der Waals surface area (Å²) in [6, 6.07) is 7.76. The van der Waals surface area contributed by atoms with Crippen molar-refractivity contribution in [3.63, 3.8) is 0 Å². The molecule has 3 aliphatic heterocycles. The van der Waals surface area contributed by atoms with E-state index in [9.17, 15) is 9.59 Å². The van der Waals surface area contributed by atoms with Crippen molar-refractivity contribution in [2.45, 2.75) is 26.1 Å². The molecular weight excluding hydrogens is 232 g/mol. The van der Waals surface area contributed by atoms with E-state index in [1.165, 1.54) is 0 Å². The third kappa shape index (κ3) is 0.747. The minimum absolute atomic E-state index is 0.373. The number of benzene rings is 1. The number of fused-ring (bicyclic) bond motifs is 8. The monoisotopic (exact) mass is 244 g/mol. The Labute approximate surface area is 104 Å². The Kier molecular flexibility index (Phi) is 1.52. The SMILES string of the molecule is C[C@@]12C(=O)OC(=O)[C@]1(C)[C@@H]1O[C@H]2c2ccccc21. The van der Waals surface area contributed by atoms with Crippen molar-refractivity contribution in [1.82, 2.24) is 0 Å². The van der Waals surface area contributed by atoms with Gasteiger partial charge in [-0.2, -0.15) is 0 Å². The summed E-state index contributed by atoms with van der Waals surface area (Å²) >= 11 is 0. The van der Waals surface area contributed by atoms with E-state index >= 15 is 0 Å². The van der Waals surface area contributed by atoms with Crippen molar-refractivity contribution in [3.05, 3.63) is 35.4 Å². The second-order valence-corrected chi connectivity index (χ2v) is 5.61. The van der Waals surface area contributed by atoms with Gasteiger partial charge in [0.1, 0.15) is 23.0 Å². The largest absolute Gasteiger partial charge is 0.392 e. The molecule has 0 radical (unpaired) electrons. The van der Waals surface area contributed by atoms with Gasteiger partial charge in [-0.25, -0.2) is 0 Å². The topological polar surface area (TPSA) is 52.6 Å². The molecule has 1 aromatic carbocycles. The molecule has 2 bridgehead atoms. The highest BCUT2D eigenvalue weighted by atomic mass is 16.6. The third-order valence-corrected chi connectivity index (χ3v) is 4.99. The van der Waals surface area contributed by atoms with Crippen molar-refractivity contribution in [3.8, 4) is 0 Å². The van der Waals surface area contributed by atoms with Gasteiger partial charge in [-0.15, -0.1) is 0 Å². The van der Waals surface area contributed by atoms with Crippen LogP contribution in [0.1, 0.15) is 37.2 Å². The molecule has 0 N–H and O–H groups in total. The normalized spacial score (nSPS) is 43.9. The lowest BCUT2D eigenvalue weighted by Gasteiger charge is -2.35. The van der Waals surface area contributed by atoms with Crippen LogP contribution in [0.5, 0.6) is 0 Å². The molecule has 2 saturated heterocycles. The average Bonchev–Trinajstić information content (AvgIpc) is 2.91. The fourth-order valence-electron chi connectivity index (χ4n) is 3.64. The van der Waals surface area contributed by atoms with Gasteiger partial charge in [-0.05, 0) is 25.0 Å². The standard InChI is InChI=1S/C14H12O4/c1-13-9-7-5-3-4-6-8(7)10(17-9)14(13,2)12(16)18-11(13)15/h3-6,9-10H,1-2H3/t9-,10+,13+,14-. The van der Waals surface area contributed by atoms with E-state index in [1.807, 2.05) is 24.3 Å². The van der Waals surface area contributed by atoms with Gasteiger partial charge >= 0.3 is 11.9 Å². The fraction of sp³-hybridized carbons (Fsp3) is 0.429. The number of ether oxygens (including phenoxy) is 2. The molecule has 0 saturated carbocycles. The molecule has 3 heterocycles. The van der Waals surface area contributed by atoms with Crippen LogP contribution in [0.4, 0.5) is 0 Å². The molecule has 4 heteroatoms. The van der Waals surface area contributed by atoms with Crippen LogP contribution in [-0.2, 0) is 19.1 Å². The maximum Gasteiger partial charge on any atom is 0.323 e. The Balaban J connectivity index is 2.04. The first-order valence-electron chi connectivity index (χ1n) is 6.02. The summed E-state index contributed by atoms with van der Waals surface area (Å²) in [6.07, 6.45) is -0.745. The highest BCUT2D eigenvalue weighted by molar-refractivity contribution is 6.03. The number of cyclic esters (lactones) is 2. The van der Waals surface area contributed by atoms with Crippen molar-refractivity contribution >= 4 is 11.9 Å².